The van der Waals surface area contributed by atoms with Gasteiger partial charge in [-0.1, -0.05) is 18.2 Å². The number of carbonyl (C=O) groups excluding carboxylic acids is 2. The fourth-order valence-electron chi connectivity index (χ4n) is 3.75. The first kappa shape index (κ1) is 21.3. The van der Waals surface area contributed by atoms with Crippen LogP contribution in [0, 0.1) is 13.8 Å². The molecule has 158 valence electrons. The minimum Gasteiger partial charge on any atom is -0.507 e. The summed E-state index contributed by atoms with van der Waals surface area (Å²) in [5, 5.41) is 13.1. The molecule has 1 fully saturated rings. The fraction of sp³-hybridized carbons (Fsp3) is 0.167. The highest BCUT2D eigenvalue weighted by atomic mass is 79.9. The van der Waals surface area contributed by atoms with E-state index in [1.807, 2.05) is 49.6 Å². The molecule has 2 aromatic carbocycles. The van der Waals surface area contributed by atoms with Crippen molar-refractivity contribution in [3.05, 3.63) is 85.5 Å². The van der Waals surface area contributed by atoms with Gasteiger partial charge in [0.05, 0.1) is 17.2 Å². The summed E-state index contributed by atoms with van der Waals surface area (Å²) in [6.45, 7) is 3.84. The van der Waals surface area contributed by atoms with E-state index in [0.717, 1.165) is 16.0 Å². The van der Waals surface area contributed by atoms with Crippen molar-refractivity contribution in [2.75, 3.05) is 12.0 Å². The summed E-state index contributed by atoms with van der Waals surface area (Å²) < 4.78 is 5.89. The first-order valence-corrected chi connectivity index (χ1v) is 11.3. The van der Waals surface area contributed by atoms with Gasteiger partial charge in [-0.15, -0.1) is 11.3 Å². The van der Waals surface area contributed by atoms with Crippen LogP contribution in [-0.4, -0.2) is 23.9 Å². The summed E-state index contributed by atoms with van der Waals surface area (Å²) in [6, 6.07) is 13.8. The molecule has 0 aliphatic carbocycles. The Balaban J connectivity index is 1.94. The lowest BCUT2D eigenvalue weighted by molar-refractivity contribution is -0.132. The van der Waals surface area contributed by atoms with E-state index in [1.165, 1.54) is 16.2 Å². The molecule has 1 aromatic heterocycles. The number of thiophene rings is 1. The van der Waals surface area contributed by atoms with Crippen molar-refractivity contribution in [2.45, 2.75) is 19.9 Å². The minimum atomic E-state index is -0.707. The maximum Gasteiger partial charge on any atom is 0.300 e. The molecule has 3 aromatic rings. The molecule has 1 aliphatic rings. The van der Waals surface area contributed by atoms with Crippen molar-refractivity contribution in [1.82, 2.24) is 0 Å². The normalized spacial score (nSPS) is 17.9. The molecule has 0 radical (unpaired) electrons. The number of hydrogen-bond donors (Lipinski definition) is 1. The van der Waals surface area contributed by atoms with Crippen LogP contribution in [0.25, 0.3) is 5.76 Å². The number of ether oxygens (including phenoxy) is 1. The van der Waals surface area contributed by atoms with Crippen molar-refractivity contribution < 1.29 is 19.4 Å². The van der Waals surface area contributed by atoms with Crippen molar-refractivity contribution in [3.63, 3.8) is 0 Å². The van der Waals surface area contributed by atoms with Gasteiger partial charge >= 0.3 is 0 Å². The number of carbonyl (C=O) groups is 2. The summed E-state index contributed by atoms with van der Waals surface area (Å²) >= 11 is 4.85. The SMILES string of the molecule is COc1ccc(/C(O)=C2/C(=O)C(=O)N(c3cc(C)ccc3C)C2c2cccs2)cc1Br. The highest BCUT2D eigenvalue weighted by Crippen LogP contribution is 2.45. The Morgan fingerprint density at radius 2 is 1.90 bits per heavy atom. The average Bonchev–Trinajstić information content (AvgIpc) is 3.36. The monoisotopic (exact) mass is 497 g/mol. The number of aryl methyl sites for hydroxylation is 2. The first-order valence-electron chi connectivity index (χ1n) is 9.59. The van der Waals surface area contributed by atoms with Gasteiger partial charge < -0.3 is 9.84 Å². The fourth-order valence-corrected chi connectivity index (χ4v) is 5.11. The van der Waals surface area contributed by atoms with Crippen LogP contribution in [0.1, 0.15) is 27.6 Å². The van der Waals surface area contributed by atoms with Gasteiger partial charge in [0.1, 0.15) is 17.6 Å². The minimum absolute atomic E-state index is 0.0745. The standard InChI is InChI=1S/C24H20BrNO4S/c1-13-6-7-14(2)17(11-13)26-21(19-5-4-10-31-19)20(23(28)24(26)29)22(27)15-8-9-18(30-3)16(25)12-15/h4-12,21,27H,1-3H3/b22-20-. The van der Waals surface area contributed by atoms with E-state index in [9.17, 15) is 14.7 Å². The smallest absolute Gasteiger partial charge is 0.300 e. The number of halogens is 1. The Hall–Kier alpha value is -2.90. The number of ketones is 1. The van der Waals surface area contributed by atoms with Crippen molar-refractivity contribution >= 4 is 50.4 Å². The maximum absolute atomic E-state index is 13.2. The van der Waals surface area contributed by atoms with Gasteiger partial charge in [0.2, 0.25) is 0 Å². The maximum atomic E-state index is 13.2. The predicted octanol–water partition coefficient (Wildman–Crippen LogP) is 5.76. The molecule has 7 heteroatoms. The summed E-state index contributed by atoms with van der Waals surface area (Å²) in [5.74, 6) is -0.972. The third kappa shape index (κ3) is 3.68. The second-order valence-electron chi connectivity index (χ2n) is 7.32. The van der Waals surface area contributed by atoms with Gasteiger partial charge in [-0.05, 0) is 76.6 Å². The Morgan fingerprint density at radius 3 is 2.55 bits per heavy atom. The molecule has 1 saturated heterocycles. The van der Waals surface area contributed by atoms with Crippen LogP contribution in [0.4, 0.5) is 5.69 Å². The predicted molar refractivity (Wildman–Crippen MR) is 126 cm³/mol. The highest BCUT2D eigenvalue weighted by molar-refractivity contribution is 9.10. The van der Waals surface area contributed by atoms with Gasteiger partial charge in [-0.25, -0.2) is 0 Å². The first-order chi connectivity index (χ1) is 14.8. The van der Waals surface area contributed by atoms with Crippen molar-refractivity contribution in [1.29, 1.82) is 0 Å². The summed E-state index contributed by atoms with van der Waals surface area (Å²) in [5.41, 5.74) is 3.02. The molecule has 1 amide bonds. The number of aliphatic hydroxyl groups excluding tert-OH is 1. The number of nitrogens with zero attached hydrogens (tertiary/aromatic N) is 1. The molecular formula is C24H20BrNO4S. The lowest BCUT2D eigenvalue weighted by Crippen LogP contribution is -2.29. The molecule has 0 bridgehead atoms. The largest absolute Gasteiger partial charge is 0.507 e. The second kappa shape index (κ2) is 8.32. The average molecular weight is 498 g/mol. The quantitative estimate of drug-likeness (QED) is 0.282. The van der Waals surface area contributed by atoms with Gasteiger partial charge in [-0.3, -0.25) is 14.5 Å². The lowest BCUT2D eigenvalue weighted by atomic mass is 9.99. The van der Waals surface area contributed by atoms with Gasteiger partial charge in [0.25, 0.3) is 11.7 Å². The molecular weight excluding hydrogens is 478 g/mol. The Labute approximate surface area is 192 Å². The molecule has 31 heavy (non-hydrogen) atoms. The number of rotatable bonds is 4. The van der Waals surface area contributed by atoms with E-state index < -0.39 is 17.7 Å². The molecule has 1 N–H and O–H groups in total. The van der Waals surface area contributed by atoms with Gasteiger partial charge in [-0.2, -0.15) is 0 Å². The van der Waals surface area contributed by atoms with Crippen LogP contribution in [-0.2, 0) is 9.59 Å². The topological polar surface area (TPSA) is 66.8 Å². The lowest BCUT2D eigenvalue weighted by Gasteiger charge is -2.26. The van der Waals surface area contributed by atoms with E-state index in [1.54, 1.807) is 25.3 Å². The van der Waals surface area contributed by atoms with E-state index in [0.29, 0.717) is 21.5 Å². The zero-order valence-electron chi connectivity index (χ0n) is 17.2. The Kier molecular flexibility index (Phi) is 5.73. The molecule has 5 nitrogen and oxygen atoms in total. The molecule has 1 atom stereocenters. The van der Waals surface area contributed by atoms with Crippen LogP contribution in [0.2, 0.25) is 0 Å². The Morgan fingerprint density at radius 1 is 1.13 bits per heavy atom. The number of benzene rings is 2. The molecule has 1 unspecified atom stereocenters. The third-order valence-corrected chi connectivity index (χ3v) is 6.85. The van der Waals surface area contributed by atoms with Crippen molar-refractivity contribution in [2.24, 2.45) is 0 Å². The van der Waals surface area contributed by atoms with Gasteiger partial charge in [0.15, 0.2) is 0 Å². The molecule has 0 spiro atoms. The van der Waals surface area contributed by atoms with E-state index >= 15 is 0 Å². The molecule has 4 rings (SSSR count). The Bertz CT molecular complexity index is 1220. The van der Waals surface area contributed by atoms with Gasteiger partial charge in [0, 0.05) is 16.1 Å². The third-order valence-electron chi connectivity index (χ3n) is 5.31. The van der Waals surface area contributed by atoms with E-state index in [2.05, 4.69) is 15.9 Å². The van der Waals surface area contributed by atoms with Crippen LogP contribution in [0.5, 0.6) is 5.75 Å². The summed E-state index contributed by atoms with van der Waals surface area (Å²) in [4.78, 5) is 28.7. The molecule has 1 aliphatic heterocycles. The number of hydrogen-bond acceptors (Lipinski definition) is 5. The van der Waals surface area contributed by atoms with Crippen LogP contribution in [0.3, 0.4) is 0 Å². The van der Waals surface area contributed by atoms with Crippen LogP contribution in [0.15, 0.2) is 64.0 Å². The molecule has 0 saturated carbocycles. The van der Waals surface area contributed by atoms with Crippen LogP contribution < -0.4 is 9.64 Å². The zero-order valence-corrected chi connectivity index (χ0v) is 19.6. The van der Waals surface area contributed by atoms with Crippen molar-refractivity contribution in [3.8, 4) is 5.75 Å². The van der Waals surface area contributed by atoms with E-state index in [4.69, 9.17) is 4.74 Å². The molecule has 2 heterocycles. The number of aliphatic hydroxyl groups is 1. The summed E-state index contributed by atoms with van der Waals surface area (Å²) in [7, 11) is 1.55. The van der Waals surface area contributed by atoms with E-state index in [-0.39, 0.29) is 11.3 Å². The van der Waals surface area contributed by atoms with Crippen LogP contribution >= 0.6 is 27.3 Å². The second-order valence-corrected chi connectivity index (χ2v) is 9.16. The number of amides is 1. The zero-order chi connectivity index (χ0) is 22.3. The summed E-state index contributed by atoms with van der Waals surface area (Å²) in [6.07, 6.45) is 0. The highest BCUT2D eigenvalue weighted by Gasteiger charge is 2.47. The number of anilines is 1. The number of methoxy groups -OCH3 is 1. The number of Topliss-reactive ketones (excluding diaryl/α,β-unsaturated/α-hetero) is 1.